The van der Waals surface area contributed by atoms with E-state index in [9.17, 15) is 4.79 Å². The molecule has 2 heterocycles. The van der Waals surface area contributed by atoms with Crippen molar-refractivity contribution in [3.8, 4) is 0 Å². The molecule has 1 saturated carbocycles. The smallest absolute Gasteiger partial charge is 0.217 e. The van der Waals surface area contributed by atoms with Crippen LogP contribution in [0.2, 0.25) is 0 Å². The number of carbonyl (C=O) groups excluding carboxylic acids is 1. The Morgan fingerprint density at radius 2 is 2.00 bits per heavy atom. The molecule has 0 bridgehead atoms. The van der Waals surface area contributed by atoms with E-state index < -0.39 is 0 Å². The van der Waals surface area contributed by atoms with Gasteiger partial charge >= 0.3 is 0 Å². The molecular weight excluding hydrogens is 264 g/mol. The van der Waals surface area contributed by atoms with Gasteiger partial charge in [0, 0.05) is 44.8 Å². The first kappa shape index (κ1) is 14.3. The predicted molar refractivity (Wildman–Crippen MR) is 83.2 cm³/mol. The summed E-state index contributed by atoms with van der Waals surface area (Å²) < 4.78 is 0. The highest BCUT2D eigenvalue weighted by atomic mass is 16.1. The monoisotopic (exact) mass is 288 g/mol. The Kier molecular flexibility index (Phi) is 4.39. The summed E-state index contributed by atoms with van der Waals surface area (Å²) in [4.78, 5) is 18.0. The molecule has 1 aromatic heterocycles. The Morgan fingerprint density at radius 1 is 1.24 bits per heavy atom. The molecular formula is C16H24N4O. The second-order valence-corrected chi connectivity index (χ2v) is 6.14. The average molecular weight is 288 g/mol. The van der Waals surface area contributed by atoms with Gasteiger partial charge in [-0.05, 0) is 37.3 Å². The standard InChI is InChI=1S/C16H24N4O/c1-12(21)19-15-6-8-20(9-7-15)16-5-2-13(11-18-16)10-17-14-3-4-14/h2,5,11,14-15,17H,3-4,6-10H2,1H3,(H,19,21). The van der Waals surface area contributed by atoms with Gasteiger partial charge in [-0.3, -0.25) is 4.79 Å². The van der Waals surface area contributed by atoms with Crippen molar-refractivity contribution in [2.24, 2.45) is 0 Å². The van der Waals surface area contributed by atoms with Crippen LogP contribution >= 0.6 is 0 Å². The first-order valence-corrected chi connectivity index (χ1v) is 7.91. The van der Waals surface area contributed by atoms with Gasteiger partial charge in [-0.1, -0.05) is 6.07 Å². The SMILES string of the molecule is CC(=O)NC1CCN(c2ccc(CNC3CC3)cn2)CC1. The number of nitrogens with zero attached hydrogens (tertiary/aromatic N) is 2. The van der Waals surface area contributed by atoms with Crippen molar-refractivity contribution in [3.05, 3.63) is 23.9 Å². The number of aromatic nitrogens is 1. The lowest BCUT2D eigenvalue weighted by Gasteiger charge is -2.33. The highest BCUT2D eigenvalue weighted by Gasteiger charge is 2.21. The zero-order chi connectivity index (χ0) is 14.7. The van der Waals surface area contributed by atoms with Crippen LogP contribution in [-0.4, -0.2) is 36.1 Å². The quantitative estimate of drug-likeness (QED) is 0.861. The van der Waals surface area contributed by atoms with Crippen molar-refractivity contribution in [1.82, 2.24) is 15.6 Å². The van der Waals surface area contributed by atoms with Crippen LogP contribution in [0.1, 0.15) is 38.2 Å². The molecule has 1 aliphatic heterocycles. The molecule has 0 radical (unpaired) electrons. The Labute approximate surface area is 126 Å². The Balaban J connectivity index is 1.49. The van der Waals surface area contributed by atoms with Gasteiger partial charge in [-0.25, -0.2) is 4.98 Å². The summed E-state index contributed by atoms with van der Waals surface area (Å²) in [6, 6.07) is 5.33. The third kappa shape index (κ3) is 4.17. The molecule has 2 aliphatic rings. The molecule has 0 aromatic carbocycles. The summed E-state index contributed by atoms with van der Waals surface area (Å²) in [6.07, 6.45) is 6.59. The Hall–Kier alpha value is -1.62. The third-order valence-corrected chi connectivity index (χ3v) is 4.21. The number of anilines is 1. The van der Waals surface area contributed by atoms with Crippen molar-refractivity contribution >= 4 is 11.7 Å². The molecule has 5 nitrogen and oxygen atoms in total. The van der Waals surface area contributed by atoms with Crippen LogP contribution in [0.3, 0.4) is 0 Å². The lowest BCUT2D eigenvalue weighted by Crippen LogP contribution is -2.44. The molecule has 2 N–H and O–H groups in total. The van der Waals surface area contributed by atoms with Gasteiger partial charge in [-0.2, -0.15) is 0 Å². The second kappa shape index (κ2) is 6.43. The molecule has 0 unspecified atom stereocenters. The van der Waals surface area contributed by atoms with Crippen molar-refractivity contribution in [2.45, 2.75) is 51.2 Å². The minimum atomic E-state index is 0.0686. The van der Waals surface area contributed by atoms with Crippen LogP contribution in [0, 0.1) is 0 Å². The minimum absolute atomic E-state index is 0.0686. The van der Waals surface area contributed by atoms with E-state index in [1.807, 2.05) is 6.20 Å². The summed E-state index contributed by atoms with van der Waals surface area (Å²) in [5, 5.41) is 6.50. The number of carbonyl (C=O) groups is 1. The number of piperidine rings is 1. The summed E-state index contributed by atoms with van der Waals surface area (Å²) >= 11 is 0. The first-order valence-electron chi connectivity index (χ1n) is 7.91. The van der Waals surface area contributed by atoms with E-state index in [0.717, 1.165) is 44.3 Å². The fourth-order valence-electron chi connectivity index (χ4n) is 2.80. The van der Waals surface area contributed by atoms with E-state index in [1.54, 1.807) is 6.92 Å². The first-order chi connectivity index (χ1) is 10.2. The minimum Gasteiger partial charge on any atom is -0.356 e. The van der Waals surface area contributed by atoms with Crippen LogP contribution in [0.15, 0.2) is 18.3 Å². The van der Waals surface area contributed by atoms with E-state index in [0.29, 0.717) is 6.04 Å². The highest BCUT2D eigenvalue weighted by molar-refractivity contribution is 5.73. The molecule has 1 saturated heterocycles. The summed E-state index contributed by atoms with van der Waals surface area (Å²) in [6.45, 7) is 4.42. The molecule has 3 rings (SSSR count). The van der Waals surface area contributed by atoms with Gasteiger partial charge in [0.05, 0.1) is 0 Å². The lowest BCUT2D eigenvalue weighted by molar-refractivity contribution is -0.119. The van der Waals surface area contributed by atoms with Crippen molar-refractivity contribution in [1.29, 1.82) is 0 Å². The normalized spacial score (nSPS) is 19.6. The van der Waals surface area contributed by atoms with Gasteiger partial charge in [0.25, 0.3) is 0 Å². The van der Waals surface area contributed by atoms with E-state index in [-0.39, 0.29) is 5.91 Å². The number of rotatable bonds is 5. The van der Waals surface area contributed by atoms with Crippen LogP contribution in [-0.2, 0) is 11.3 Å². The highest BCUT2D eigenvalue weighted by Crippen LogP contribution is 2.20. The molecule has 21 heavy (non-hydrogen) atoms. The number of hydrogen-bond donors (Lipinski definition) is 2. The molecule has 5 heteroatoms. The molecule has 1 aromatic rings. The predicted octanol–water partition coefficient (Wildman–Crippen LogP) is 1.44. The van der Waals surface area contributed by atoms with Gasteiger partial charge in [0.15, 0.2) is 0 Å². The third-order valence-electron chi connectivity index (χ3n) is 4.21. The molecule has 2 fully saturated rings. The number of hydrogen-bond acceptors (Lipinski definition) is 4. The van der Waals surface area contributed by atoms with Crippen molar-refractivity contribution in [2.75, 3.05) is 18.0 Å². The van der Waals surface area contributed by atoms with Crippen LogP contribution in [0.25, 0.3) is 0 Å². The topological polar surface area (TPSA) is 57.3 Å². The largest absolute Gasteiger partial charge is 0.356 e. The van der Waals surface area contributed by atoms with Crippen LogP contribution in [0.5, 0.6) is 0 Å². The molecule has 0 atom stereocenters. The summed E-state index contributed by atoms with van der Waals surface area (Å²) in [5.74, 6) is 1.12. The summed E-state index contributed by atoms with van der Waals surface area (Å²) in [7, 11) is 0. The molecule has 114 valence electrons. The second-order valence-electron chi connectivity index (χ2n) is 6.14. The van der Waals surface area contributed by atoms with E-state index >= 15 is 0 Å². The fourth-order valence-corrected chi connectivity index (χ4v) is 2.80. The average Bonchev–Trinajstić information content (AvgIpc) is 3.30. The molecule has 1 aliphatic carbocycles. The maximum atomic E-state index is 11.1. The number of nitrogens with one attached hydrogen (secondary N) is 2. The molecule has 0 spiro atoms. The van der Waals surface area contributed by atoms with Crippen LogP contribution < -0.4 is 15.5 Å². The van der Waals surface area contributed by atoms with Crippen LogP contribution in [0.4, 0.5) is 5.82 Å². The van der Waals surface area contributed by atoms with Crippen molar-refractivity contribution in [3.63, 3.8) is 0 Å². The van der Waals surface area contributed by atoms with Gasteiger partial charge < -0.3 is 15.5 Å². The number of pyridine rings is 1. The maximum absolute atomic E-state index is 11.1. The van der Waals surface area contributed by atoms with Crippen molar-refractivity contribution < 1.29 is 4.79 Å². The fraction of sp³-hybridized carbons (Fsp3) is 0.625. The summed E-state index contributed by atoms with van der Waals surface area (Å²) in [5.41, 5.74) is 1.25. The Bertz CT molecular complexity index is 476. The van der Waals surface area contributed by atoms with Gasteiger partial charge in [0.1, 0.15) is 5.82 Å². The zero-order valence-corrected chi connectivity index (χ0v) is 12.6. The van der Waals surface area contributed by atoms with E-state index in [1.165, 1.54) is 18.4 Å². The lowest BCUT2D eigenvalue weighted by atomic mass is 10.0. The van der Waals surface area contributed by atoms with Gasteiger partial charge in [0.2, 0.25) is 5.91 Å². The zero-order valence-electron chi connectivity index (χ0n) is 12.6. The Morgan fingerprint density at radius 3 is 2.57 bits per heavy atom. The van der Waals surface area contributed by atoms with E-state index in [2.05, 4.69) is 32.7 Å². The maximum Gasteiger partial charge on any atom is 0.217 e. The van der Waals surface area contributed by atoms with Gasteiger partial charge in [-0.15, -0.1) is 0 Å². The molecule has 1 amide bonds. The van der Waals surface area contributed by atoms with E-state index in [4.69, 9.17) is 0 Å². The number of amides is 1.